The van der Waals surface area contributed by atoms with Crippen LogP contribution in [0, 0.1) is 0 Å². The summed E-state index contributed by atoms with van der Waals surface area (Å²) in [5, 5.41) is 10.8. The minimum atomic E-state index is -0.310. The summed E-state index contributed by atoms with van der Waals surface area (Å²) in [6.07, 6.45) is 0. The summed E-state index contributed by atoms with van der Waals surface area (Å²) in [7, 11) is 4.83. The first kappa shape index (κ1) is 23.6. The molecule has 1 heterocycles. The third-order valence-corrected chi connectivity index (χ3v) is 5.36. The van der Waals surface area contributed by atoms with E-state index in [9.17, 15) is 4.79 Å². The van der Waals surface area contributed by atoms with Gasteiger partial charge in [0.1, 0.15) is 17.2 Å². The lowest BCUT2D eigenvalue weighted by molar-refractivity contribution is 0.0947. The number of rotatable bonds is 10. The van der Waals surface area contributed by atoms with Crippen molar-refractivity contribution in [3.05, 3.63) is 89.5 Å². The number of hydrogen-bond acceptors (Lipinski definition) is 8. The average molecular weight is 474 g/mol. The van der Waals surface area contributed by atoms with Gasteiger partial charge in [-0.1, -0.05) is 24.3 Å². The van der Waals surface area contributed by atoms with E-state index < -0.39 is 0 Å². The third-order valence-electron chi connectivity index (χ3n) is 5.36. The summed E-state index contributed by atoms with van der Waals surface area (Å²) in [5.74, 6) is 2.58. The summed E-state index contributed by atoms with van der Waals surface area (Å²) in [6, 6.07) is 22.2. The molecule has 0 saturated heterocycles. The molecule has 0 fully saturated rings. The van der Waals surface area contributed by atoms with Gasteiger partial charge < -0.3 is 24.8 Å². The monoisotopic (exact) mass is 473 g/mol. The average Bonchev–Trinajstić information content (AvgIpc) is 3.34. The Morgan fingerprint density at radius 1 is 0.714 bits per heavy atom. The van der Waals surface area contributed by atoms with E-state index in [1.807, 2.05) is 48.5 Å². The first-order valence-electron chi connectivity index (χ1n) is 11.0. The minimum absolute atomic E-state index is 0.310. The Bertz CT molecular complexity index is 1250. The fourth-order valence-corrected chi connectivity index (χ4v) is 3.35. The molecule has 35 heavy (non-hydrogen) atoms. The maximum Gasteiger partial charge on any atom is 0.281 e. The van der Waals surface area contributed by atoms with E-state index in [0.717, 1.165) is 22.6 Å². The number of nitrogens with one attached hydrogen (secondary N) is 2. The molecule has 0 spiro atoms. The lowest BCUT2D eigenvalue weighted by atomic mass is 10.2. The second-order valence-electron chi connectivity index (χ2n) is 7.61. The standard InChI is InChI=1S/C26H27N5O4/c1-33-21-10-4-18(5-11-21)16-27-25-29-26(28-17-19-6-12-22(34-2)13-7-19)31(30-25)24(32)20-8-14-23(35-3)15-9-20/h4-15H,16-17H2,1-3H3,(H2,27,28,29,30). The molecule has 3 aromatic carbocycles. The lowest BCUT2D eigenvalue weighted by Gasteiger charge is -2.08. The number of nitrogens with zero attached hydrogens (tertiary/aromatic N) is 3. The fraction of sp³-hybridized carbons (Fsp3) is 0.192. The van der Waals surface area contributed by atoms with Crippen molar-refractivity contribution in [1.82, 2.24) is 14.8 Å². The summed E-state index contributed by atoms with van der Waals surface area (Å²) in [5.41, 5.74) is 2.49. The smallest absolute Gasteiger partial charge is 0.281 e. The van der Waals surface area contributed by atoms with Gasteiger partial charge in [-0.2, -0.15) is 9.67 Å². The Balaban J connectivity index is 1.54. The van der Waals surface area contributed by atoms with Crippen LogP contribution in [0.3, 0.4) is 0 Å². The first-order valence-corrected chi connectivity index (χ1v) is 11.0. The van der Waals surface area contributed by atoms with Crippen molar-refractivity contribution in [1.29, 1.82) is 0 Å². The van der Waals surface area contributed by atoms with Crippen LogP contribution < -0.4 is 24.8 Å². The molecule has 0 aliphatic heterocycles. The van der Waals surface area contributed by atoms with Gasteiger partial charge in [0.2, 0.25) is 11.9 Å². The predicted octanol–water partition coefficient (Wildman–Crippen LogP) is 4.22. The third kappa shape index (κ3) is 5.89. The van der Waals surface area contributed by atoms with Crippen LogP contribution in [0.25, 0.3) is 0 Å². The van der Waals surface area contributed by atoms with Gasteiger partial charge in [-0.05, 0) is 59.7 Å². The summed E-state index contributed by atoms with van der Waals surface area (Å²) >= 11 is 0. The molecule has 4 rings (SSSR count). The Labute approximate surface area is 203 Å². The number of methoxy groups -OCH3 is 3. The molecular formula is C26H27N5O4. The lowest BCUT2D eigenvalue weighted by Crippen LogP contribution is -2.17. The molecule has 2 N–H and O–H groups in total. The first-order chi connectivity index (χ1) is 17.1. The zero-order valence-corrected chi connectivity index (χ0v) is 19.8. The van der Waals surface area contributed by atoms with Crippen LogP contribution in [0.15, 0.2) is 72.8 Å². The van der Waals surface area contributed by atoms with Crippen molar-refractivity contribution in [3.8, 4) is 17.2 Å². The molecule has 9 heteroatoms. The van der Waals surface area contributed by atoms with Crippen LogP contribution in [-0.4, -0.2) is 42.0 Å². The summed E-state index contributed by atoms with van der Waals surface area (Å²) < 4.78 is 16.9. The van der Waals surface area contributed by atoms with E-state index in [0.29, 0.717) is 36.3 Å². The molecule has 1 aromatic heterocycles. The van der Waals surface area contributed by atoms with Gasteiger partial charge >= 0.3 is 0 Å². The molecule has 0 radical (unpaired) electrons. The second kappa shape index (κ2) is 11.1. The molecule has 0 aliphatic carbocycles. The van der Waals surface area contributed by atoms with Crippen LogP contribution in [-0.2, 0) is 13.1 Å². The predicted molar refractivity (Wildman–Crippen MR) is 133 cm³/mol. The van der Waals surface area contributed by atoms with E-state index in [4.69, 9.17) is 14.2 Å². The number of hydrogen-bond donors (Lipinski definition) is 2. The highest BCUT2D eigenvalue weighted by atomic mass is 16.5. The number of anilines is 2. The van der Waals surface area contributed by atoms with E-state index >= 15 is 0 Å². The SMILES string of the molecule is COc1ccc(CNc2nc(NCc3ccc(OC)cc3)n(C(=O)c3ccc(OC)cc3)n2)cc1. The number of carbonyl (C=O) groups excluding carboxylic acids is 1. The van der Waals surface area contributed by atoms with E-state index in [1.54, 1.807) is 45.6 Å². The van der Waals surface area contributed by atoms with Gasteiger partial charge in [-0.3, -0.25) is 4.79 Å². The number of aromatic nitrogens is 3. The van der Waals surface area contributed by atoms with Gasteiger partial charge in [0.15, 0.2) is 0 Å². The van der Waals surface area contributed by atoms with Gasteiger partial charge in [0, 0.05) is 18.7 Å². The maximum absolute atomic E-state index is 13.2. The number of ether oxygens (including phenoxy) is 3. The maximum atomic E-state index is 13.2. The van der Waals surface area contributed by atoms with Crippen molar-refractivity contribution in [3.63, 3.8) is 0 Å². The van der Waals surface area contributed by atoms with E-state index in [-0.39, 0.29) is 5.91 Å². The van der Waals surface area contributed by atoms with E-state index in [1.165, 1.54) is 4.68 Å². The Morgan fingerprint density at radius 2 is 1.17 bits per heavy atom. The molecule has 0 atom stereocenters. The van der Waals surface area contributed by atoms with Gasteiger partial charge in [-0.15, -0.1) is 5.10 Å². The summed E-state index contributed by atoms with van der Waals surface area (Å²) in [6.45, 7) is 0.944. The summed E-state index contributed by atoms with van der Waals surface area (Å²) in [4.78, 5) is 17.8. The molecule has 9 nitrogen and oxygen atoms in total. The molecule has 0 aliphatic rings. The number of benzene rings is 3. The molecule has 0 unspecified atom stereocenters. The van der Waals surface area contributed by atoms with Crippen LogP contribution in [0.5, 0.6) is 17.2 Å². The van der Waals surface area contributed by atoms with Crippen molar-refractivity contribution >= 4 is 17.8 Å². The van der Waals surface area contributed by atoms with E-state index in [2.05, 4.69) is 20.7 Å². The topological polar surface area (TPSA) is 99.5 Å². The van der Waals surface area contributed by atoms with Gasteiger partial charge in [0.05, 0.1) is 21.3 Å². The minimum Gasteiger partial charge on any atom is -0.497 e. The number of carbonyl (C=O) groups is 1. The molecule has 180 valence electrons. The van der Waals surface area contributed by atoms with Crippen molar-refractivity contribution < 1.29 is 19.0 Å². The highest BCUT2D eigenvalue weighted by molar-refractivity contribution is 5.97. The van der Waals surface area contributed by atoms with Gasteiger partial charge in [0.25, 0.3) is 5.91 Å². The molecule has 4 aromatic rings. The largest absolute Gasteiger partial charge is 0.497 e. The zero-order valence-electron chi connectivity index (χ0n) is 19.8. The normalized spacial score (nSPS) is 10.5. The quantitative estimate of drug-likeness (QED) is 0.353. The van der Waals surface area contributed by atoms with Gasteiger partial charge in [-0.25, -0.2) is 0 Å². The van der Waals surface area contributed by atoms with Crippen LogP contribution >= 0.6 is 0 Å². The Morgan fingerprint density at radius 3 is 1.66 bits per heavy atom. The van der Waals surface area contributed by atoms with Crippen molar-refractivity contribution in [2.45, 2.75) is 13.1 Å². The van der Waals surface area contributed by atoms with Crippen LogP contribution in [0.2, 0.25) is 0 Å². The zero-order chi connectivity index (χ0) is 24.6. The van der Waals surface area contributed by atoms with Crippen LogP contribution in [0.4, 0.5) is 11.9 Å². The van der Waals surface area contributed by atoms with Crippen molar-refractivity contribution in [2.75, 3.05) is 32.0 Å². The van der Waals surface area contributed by atoms with Crippen LogP contribution in [0.1, 0.15) is 21.5 Å². The second-order valence-corrected chi connectivity index (χ2v) is 7.61. The molecule has 0 bridgehead atoms. The highest BCUT2D eigenvalue weighted by Gasteiger charge is 2.18. The molecular weight excluding hydrogens is 446 g/mol. The molecule has 0 saturated carbocycles. The Hall–Kier alpha value is -4.53. The highest BCUT2D eigenvalue weighted by Crippen LogP contribution is 2.18. The van der Waals surface area contributed by atoms with Crippen molar-refractivity contribution in [2.24, 2.45) is 0 Å². The fourth-order valence-electron chi connectivity index (χ4n) is 3.35. The Kier molecular flexibility index (Phi) is 7.47. The molecule has 0 amide bonds.